The van der Waals surface area contributed by atoms with E-state index in [-0.39, 0.29) is 0 Å². The molecule has 0 fully saturated rings. The maximum Gasteiger partial charge on any atom is 0.0743 e. The fourth-order valence-electron chi connectivity index (χ4n) is 1.22. The molecule has 0 atom stereocenters. The molecule has 3 heteroatoms. The van der Waals surface area contributed by atoms with Crippen LogP contribution in [0, 0.1) is 0 Å². The van der Waals surface area contributed by atoms with Gasteiger partial charge in [-0.25, -0.2) is 0 Å². The first-order valence-electron chi connectivity index (χ1n) is 4.82. The van der Waals surface area contributed by atoms with Crippen LogP contribution in [0.2, 0.25) is 0 Å². The average Bonchev–Trinajstić information content (AvgIpc) is 2.32. The number of anilines is 2. The highest BCUT2D eigenvalue weighted by Crippen LogP contribution is 2.19. The van der Waals surface area contributed by atoms with Crippen molar-refractivity contribution < 1.29 is 0 Å². The van der Waals surface area contributed by atoms with Gasteiger partial charge in [0.2, 0.25) is 0 Å². The Morgan fingerprint density at radius 2 is 1.00 bits per heavy atom. The molecule has 0 aromatic heterocycles. The van der Waals surface area contributed by atoms with E-state index in [9.17, 15) is 0 Å². The van der Waals surface area contributed by atoms with Crippen LogP contribution in [-0.2, 0) is 0 Å². The molecule has 0 amide bonds. The minimum absolute atomic E-state index is 0.487. The summed E-state index contributed by atoms with van der Waals surface area (Å²) in [5.74, 6) is 0. The van der Waals surface area contributed by atoms with Crippen molar-refractivity contribution in [1.29, 1.82) is 0 Å². The summed E-state index contributed by atoms with van der Waals surface area (Å²) in [6.45, 7) is 0. The molecule has 2 aromatic carbocycles. The van der Waals surface area contributed by atoms with Gasteiger partial charge < -0.3 is 10.2 Å². The molecule has 0 radical (unpaired) electrons. The highest BCUT2D eigenvalue weighted by atomic mass is 31.1. The summed E-state index contributed by atoms with van der Waals surface area (Å²) in [7, 11) is 0.487. The summed E-state index contributed by atoms with van der Waals surface area (Å²) < 4.78 is 0. The number of benzene rings is 2. The summed E-state index contributed by atoms with van der Waals surface area (Å²) in [4.78, 5) is 0. The van der Waals surface area contributed by atoms with Gasteiger partial charge in [0.05, 0.1) is 8.88 Å². The van der Waals surface area contributed by atoms with E-state index in [2.05, 4.69) is 34.4 Å². The van der Waals surface area contributed by atoms with Crippen LogP contribution in [0.3, 0.4) is 0 Å². The van der Waals surface area contributed by atoms with E-state index < -0.39 is 0 Å². The van der Waals surface area contributed by atoms with Gasteiger partial charge >= 0.3 is 0 Å². The number of para-hydroxylation sites is 2. The molecule has 0 bridgehead atoms. The molecule has 0 aliphatic rings. The van der Waals surface area contributed by atoms with Gasteiger partial charge in [-0.05, 0) is 24.3 Å². The van der Waals surface area contributed by atoms with Crippen LogP contribution in [0.1, 0.15) is 0 Å². The molecule has 2 nitrogen and oxygen atoms in total. The van der Waals surface area contributed by atoms with Crippen molar-refractivity contribution in [2.45, 2.75) is 0 Å². The zero-order chi connectivity index (χ0) is 10.3. The molecule has 0 unspecified atom stereocenters. The van der Waals surface area contributed by atoms with Gasteiger partial charge in [0, 0.05) is 11.4 Å². The van der Waals surface area contributed by atoms with E-state index in [0.29, 0.717) is 8.88 Å². The third-order valence-corrected chi connectivity index (χ3v) is 2.79. The molecule has 2 rings (SSSR count). The molecule has 0 saturated carbocycles. The van der Waals surface area contributed by atoms with Crippen molar-refractivity contribution in [2.75, 3.05) is 10.2 Å². The largest absolute Gasteiger partial charge is 0.350 e. The summed E-state index contributed by atoms with van der Waals surface area (Å²) >= 11 is 0. The van der Waals surface area contributed by atoms with E-state index in [1.807, 2.05) is 36.4 Å². The lowest BCUT2D eigenvalue weighted by molar-refractivity contribution is 1.65. The summed E-state index contributed by atoms with van der Waals surface area (Å²) in [6.07, 6.45) is 0. The lowest BCUT2D eigenvalue weighted by atomic mass is 10.3. The number of hydrogen-bond donors (Lipinski definition) is 2. The van der Waals surface area contributed by atoms with Gasteiger partial charge in [-0.2, -0.15) is 0 Å². The Hall–Kier alpha value is -1.53. The topological polar surface area (TPSA) is 24.1 Å². The van der Waals surface area contributed by atoms with Crippen LogP contribution in [0.4, 0.5) is 11.4 Å². The molecule has 2 aromatic rings. The maximum absolute atomic E-state index is 3.31. The lowest BCUT2D eigenvalue weighted by Crippen LogP contribution is -1.90. The van der Waals surface area contributed by atoms with Crippen LogP contribution >= 0.6 is 8.88 Å². The molecule has 0 aliphatic carbocycles. The fourth-order valence-corrected chi connectivity index (χ4v) is 1.90. The number of nitrogens with one attached hydrogen (secondary N) is 2. The highest BCUT2D eigenvalue weighted by molar-refractivity contribution is 7.41. The number of hydrogen-bond acceptors (Lipinski definition) is 2. The molecule has 0 saturated heterocycles. The Morgan fingerprint density at radius 1 is 0.600 bits per heavy atom. The summed E-state index contributed by atoms with van der Waals surface area (Å²) in [5.41, 5.74) is 2.28. The molecule has 0 aliphatic heterocycles. The first-order chi connectivity index (χ1) is 7.45. The second kappa shape index (κ2) is 5.38. The zero-order valence-corrected chi connectivity index (χ0v) is 9.27. The van der Waals surface area contributed by atoms with Crippen molar-refractivity contribution in [3.05, 3.63) is 60.7 Å². The first-order valence-corrected chi connectivity index (χ1v) is 5.82. The van der Waals surface area contributed by atoms with E-state index in [4.69, 9.17) is 0 Å². The Morgan fingerprint density at radius 3 is 1.40 bits per heavy atom. The van der Waals surface area contributed by atoms with E-state index >= 15 is 0 Å². The van der Waals surface area contributed by atoms with Crippen molar-refractivity contribution in [3.8, 4) is 0 Å². The SMILES string of the molecule is c1ccc(NPNc2ccccc2)cc1. The minimum Gasteiger partial charge on any atom is -0.350 e. The van der Waals surface area contributed by atoms with Gasteiger partial charge in [0.25, 0.3) is 0 Å². The van der Waals surface area contributed by atoms with Crippen molar-refractivity contribution >= 4 is 20.3 Å². The van der Waals surface area contributed by atoms with Gasteiger partial charge in [0.1, 0.15) is 0 Å². The van der Waals surface area contributed by atoms with Gasteiger partial charge in [-0.3, -0.25) is 0 Å². The van der Waals surface area contributed by atoms with E-state index in [1.54, 1.807) is 0 Å². The smallest absolute Gasteiger partial charge is 0.0743 e. The van der Waals surface area contributed by atoms with Crippen molar-refractivity contribution in [3.63, 3.8) is 0 Å². The van der Waals surface area contributed by atoms with E-state index in [1.165, 1.54) is 0 Å². The Bertz CT molecular complexity index is 349. The third kappa shape index (κ3) is 3.26. The first kappa shape index (κ1) is 10.0. The van der Waals surface area contributed by atoms with Crippen LogP contribution in [-0.4, -0.2) is 0 Å². The lowest BCUT2D eigenvalue weighted by Gasteiger charge is -2.08. The molecule has 0 spiro atoms. The summed E-state index contributed by atoms with van der Waals surface area (Å²) in [5, 5.41) is 6.62. The predicted molar refractivity (Wildman–Crippen MR) is 68.4 cm³/mol. The van der Waals surface area contributed by atoms with Crippen LogP contribution in [0.5, 0.6) is 0 Å². The average molecular weight is 216 g/mol. The zero-order valence-electron chi connectivity index (χ0n) is 8.27. The molecule has 2 N–H and O–H groups in total. The molecule has 15 heavy (non-hydrogen) atoms. The van der Waals surface area contributed by atoms with Crippen LogP contribution in [0.15, 0.2) is 60.7 Å². The summed E-state index contributed by atoms with van der Waals surface area (Å²) in [6, 6.07) is 20.3. The standard InChI is InChI=1S/C12H13N2P/c1-3-7-11(8-4-1)13-15-14-12-9-5-2-6-10-12/h1-10,13-15H. The third-order valence-electron chi connectivity index (χ3n) is 1.96. The number of rotatable bonds is 4. The second-order valence-electron chi connectivity index (χ2n) is 3.11. The second-order valence-corrected chi connectivity index (χ2v) is 3.86. The Labute approximate surface area is 91.6 Å². The predicted octanol–water partition coefficient (Wildman–Crippen LogP) is 3.72. The molecule has 76 valence electrons. The fraction of sp³-hybridized carbons (Fsp3) is 0. The van der Waals surface area contributed by atoms with Crippen LogP contribution < -0.4 is 10.2 Å². The molecular weight excluding hydrogens is 203 g/mol. The van der Waals surface area contributed by atoms with Gasteiger partial charge in [0.15, 0.2) is 0 Å². The van der Waals surface area contributed by atoms with Gasteiger partial charge in [-0.1, -0.05) is 36.4 Å². The Balaban J connectivity index is 1.81. The van der Waals surface area contributed by atoms with Gasteiger partial charge in [-0.15, -0.1) is 0 Å². The highest BCUT2D eigenvalue weighted by Gasteiger charge is 1.89. The van der Waals surface area contributed by atoms with Crippen molar-refractivity contribution in [2.24, 2.45) is 0 Å². The normalized spacial score (nSPS) is 9.60. The van der Waals surface area contributed by atoms with Crippen molar-refractivity contribution in [1.82, 2.24) is 0 Å². The molecule has 0 heterocycles. The Kier molecular flexibility index (Phi) is 3.58. The quantitative estimate of drug-likeness (QED) is 0.761. The van der Waals surface area contributed by atoms with Crippen LogP contribution in [0.25, 0.3) is 0 Å². The van der Waals surface area contributed by atoms with E-state index in [0.717, 1.165) is 11.4 Å². The molecular formula is C12H13N2P. The minimum atomic E-state index is 0.487. The maximum atomic E-state index is 3.31. The monoisotopic (exact) mass is 216 g/mol.